The first-order valence-electron chi connectivity index (χ1n) is 7.68. The highest BCUT2D eigenvalue weighted by molar-refractivity contribution is 5.84. The molecular weight excluding hydrogens is 302 g/mol. The number of rotatable bonds is 3. The van der Waals surface area contributed by atoms with Gasteiger partial charge in [0, 0.05) is 18.9 Å². The van der Waals surface area contributed by atoms with Gasteiger partial charge >= 0.3 is 0 Å². The normalized spacial score (nSPS) is 11.0. The molecule has 0 radical (unpaired) electrons. The van der Waals surface area contributed by atoms with Gasteiger partial charge < -0.3 is 9.09 Å². The minimum Gasteiger partial charge on any atom is -0.332 e. The van der Waals surface area contributed by atoms with Gasteiger partial charge in [-0.1, -0.05) is 53.7 Å². The quantitative estimate of drug-likeness (QED) is 0.582. The molecule has 2 aromatic carbocycles. The lowest BCUT2D eigenvalue weighted by atomic mass is 10.1. The van der Waals surface area contributed by atoms with Gasteiger partial charge in [0.05, 0.1) is 0 Å². The summed E-state index contributed by atoms with van der Waals surface area (Å²) in [7, 11) is 1.71. The van der Waals surface area contributed by atoms with Crippen LogP contribution in [0.5, 0.6) is 0 Å². The predicted molar refractivity (Wildman–Crippen MR) is 91.7 cm³/mol. The van der Waals surface area contributed by atoms with Gasteiger partial charge in [-0.05, 0) is 23.1 Å². The molecule has 0 aliphatic rings. The SMILES string of the molecule is Cn1c(-c2nc(Cc3ccccc3)no2)cc2ccccc2c1=O. The summed E-state index contributed by atoms with van der Waals surface area (Å²) < 4.78 is 6.93. The Labute approximate surface area is 138 Å². The van der Waals surface area contributed by atoms with Gasteiger partial charge in [-0.25, -0.2) is 0 Å². The molecule has 2 aromatic heterocycles. The number of pyridine rings is 1. The van der Waals surface area contributed by atoms with Crippen LogP contribution in [0.1, 0.15) is 11.4 Å². The molecule has 0 unspecified atom stereocenters. The topological polar surface area (TPSA) is 60.9 Å². The van der Waals surface area contributed by atoms with Crippen molar-refractivity contribution >= 4 is 10.8 Å². The number of hydrogen-bond acceptors (Lipinski definition) is 4. The van der Waals surface area contributed by atoms with E-state index < -0.39 is 0 Å². The van der Waals surface area contributed by atoms with Crippen LogP contribution in [-0.4, -0.2) is 14.7 Å². The largest absolute Gasteiger partial charge is 0.332 e. The van der Waals surface area contributed by atoms with E-state index in [1.54, 1.807) is 11.6 Å². The van der Waals surface area contributed by atoms with E-state index in [1.807, 2.05) is 60.7 Å². The van der Waals surface area contributed by atoms with E-state index in [0.717, 1.165) is 10.9 Å². The monoisotopic (exact) mass is 317 g/mol. The van der Waals surface area contributed by atoms with Crippen LogP contribution >= 0.6 is 0 Å². The fourth-order valence-corrected chi connectivity index (χ4v) is 2.77. The van der Waals surface area contributed by atoms with Gasteiger partial charge in [-0.2, -0.15) is 4.98 Å². The third kappa shape index (κ3) is 2.50. The van der Waals surface area contributed by atoms with Crippen LogP contribution < -0.4 is 5.56 Å². The van der Waals surface area contributed by atoms with E-state index in [4.69, 9.17) is 4.52 Å². The average Bonchev–Trinajstić information content (AvgIpc) is 3.07. The van der Waals surface area contributed by atoms with Crippen molar-refractivity contribution in [3.05, 3.63) is 82.4 Å². The molecule has 4 rings (SSSR count). The van der Waals surface area contributed by atoms with Gasteiger partial charge in [0.2, 0.25) is 0 Å². The Hall–Kier alpha value is -3.21. The smallest absolute Gasteiger partial charge is 0.274 e. The summed E-state index contributed by atoms with van der Waals surface area (Å²) in [6.07, 6.45) is 0.589. The second-order valence-corrected chi connectivity index (χ2v) is 5.66. The predicted octanol–water partition coefficient (Wildman–Crippen LogP) is 3.18. The molecule has 5 nitrogen and oxygen atoms in total. The molecule has 0 fully saturated rings. The Bertz CT molecular complexity index is 1060. The highest BCUT2D eigenvalue weighted by Gasteiger charge is 2.14. The maximum atomic E-state index is 12.5. The maximum absolute atomic E-state index is 12.5. The van der Waals surface area contributed by atoms with Gasteiger partial charge in [0.1, 0.15) is 5.69 Å². The molecule has 0 amide bonds. The van der Waals surface area contributed by atoms with E-state index in [1.165, 1.54) is 0 Å². The minimum atomic E-state index is -0.0779. The van der Waals surface area contributed by atoms with Crippen molar-refractivity contribution in [2.45, 2.75) is 6.42 Å². The molecule has 0 spiro atoms. The van der Waals surface area contributed by atoms with Crippen LogP contribution in [0.2, 0.25) is 0 Å². The van der Waals surface area contributed by atoms with E-state index in [9.17, 15) is 4.79 Å². The molecule has 0 aliphatic heterocycles. The second kappa shape index (κ2) is 5.77. The molecule has 0 N–H and O–H groups in total. The van der Waals surface area contributed by atoms with E-state index in [2.05, 4.69) is 10.1 Å². The molecule has 0 bridgehead atoms. The molecule has 0 aliphatic carbocycles. The van der Waals surface area contributed by atoms with E-state index in [-0.39, 0.29) is 5.56 Å². The fraction of sp³-hybridized carbons (Fsp3) is 0.105. The molecule has 0 saturated carbocycles. The lowest BCUT2D eigenvalue weighted by Gasteiger charge is -2.06. The molecule has 0 saturated heterocycles. The molecular formula is C19H15N3O2. The summed E-state index contributed by atoms with van der Waals surface area (Å²) in [5, 5.41) is 5.57. The van der Waals surface area contributed by atoms with Crippen molar-refractivity contribution < 1.29 is 4.52 Å². The Morgan fingerprint density at radius 2 is 1.79 bits per heavy atom. The number of hydrogen-bond donors (Lipinski definition) is 0. The van der Waals surface area contributed by atoms with Gasteiger partial charge in [-0.15, -0.1) is 0 Å². The van der Waals surface area contributed by atoms with Crippen LogP contribution in [0.4, 0.5) is 0 Å². The highest BCUT2D eigenvalue weighted by atomic mass is 16.5. The van der Waals surface area contributed by atoms with Crippen LogP contribution in [-0.2, 0) is 13.5 Å². The van der Waals surface area contributed by atoms with Crippen LogP contribution in [0, 0.1) is 0 Å². The van der Waals surface area contributed by atoms with Crippen LogP contribution in [0.3, 0.4) is 0 Å². The molecule has 4 aromatic rings. The first-order valence-corrected chi connectivity index (χ1v) is 7.68. The minimum absolute atomic E-state index is 0.0779. The number of nitrogens with zero attached hydrogens (tertiary/aromatic N) is 3. The van der Waals surface area contributed by atoms with Crippen molar-refractivity contribution in [3.63, 3.8) is 0 Å². The lowest BCUT2D eigenvalue weighted by Crippen LogP contribution is -2.18. The first-order chi connectivity index (χ1) is 11.7. The summed E-state index contributed by atoms with van der Waals surface area (Å²) in [6.45, 7) is 0. The summed E-state index contributed by atoms with van der Waals surface area (Å²) >= 11 is 0. The van der Waals surface area contributed by atoms with Crippen molar-refractivity contribution in [1.29, 1.82) is 0 Å². The van der Waals surface area contributed by atoms with Crippen molar-refractivity contribution in [2.75, 3.05) is 0 Å². The van der Waals surface area contributed by atoms with Crippen molar-refractivity contribution in [2.24, 2.45) is 7.05 Å². The third-order valence-electron chi connectivity index (χ3n) is 4.04. The lowest BCUT2D eigenvalue weighted by molar-refractivity contribution is 0.421. The van der Waals surface area contributed by atoms with E-state index in [0.29, 0.717) is 29.2 Å². The molecule has 118 valence electrons. The van der Waals surface area contributed by atoms with Crippen LogP contribution in [0.25, 0.3) is 22.4 Å². The Balaban J connectivity index is 1.76. The standard InChI is InChI=1S/C19H15N3O2/c1-22-16(12-14-9-5-6-10-15(14)19(22)23)18-20-17(21-24-18)11-13-7-3-2-4-8-13/h2-10,12H,11H2,1H3. The summed E-state index contributed by atoms with van der Waals surface area (Å²) in [5.74, 6) is 0.947. The zero-order valence-corrected chi connectivity index (χ0v) is 13.1. The van der Waals surface area contributed by atoms with Crippen LogP contribution in [0.15, 0.2) is 70.0 Å². The molecule has 0 atom stereocenters. The van der Waals surface area contributed by atoms with Gasteiger partial charge in [0.15, 0.2) is 5.82 Å². The zero-order valence-electron chi connectivity index (χ0n) is 13.1. The first kappa shape index (κ1) is 14.4. The van der Waals surface area contributed by atoms with Gasteiger partial charge in [0.25, 0.3) is 11.4 Å². The summed E-state index contributed by atoms with van der Waals surface area (Å²) in [4.78, 5) is 16.9. The maximum Gasteiger partial charge on any atom is 0.274 e. The Kier molecular flexibility index (Phi) is 3.46. The molecule has 24 heavy (non-hydrogen) atoms. The number of fused-ring (bicyclic) bond motifs is 1. The average molecular weight is 317 g/mol. The number of benzene rings is 2. The summed E-state index contributed by atoms with van der Waals surface area (Å²) in [5.41, 5.74) is 1.65. The third-order valence-corrected chi connectivity index (χ3v) is 4.04. The van der Waals surface area contributed by atoms with E-state index >= 15 is 0 Å². The molecule has 2 heterocycles. The van der Waals surface area contributed by atoms with Crippen molar-refractivity contribution in [3.8, 4) is 11.6 Å². The van der Waals surface area contributed by atoms with Gasteiger partial charge in [-0.3, -0.25) is 4.79 Å². The molecule has 5 heteroatoms. The second-order valence-electron chi connectivity index (χ2n) is 5.66. The fourth-order valence-electron chi connectivity index (χ4n) is 2.77. The Morgan fingerprint density at radius 3 is 2.62 bits per heavy atom. The number of aromatic nitrogens is 3. The Morgan fingerprint density at radius 1 is 1.04 bits per heavy atom. The van der Waals surface area contributed by atoms with Crippen molar-refractivity contribution in [1.82, 2.24) is 14.7 Å². The summed E-state index contributed by atoms with van der Waals surface area (Å²) in [6, 6.07) is 19.3. The zero-order chi connectivity index (χ0) is 16.5. The highest BCUT2D eigenvalue weighted by Crippen LogP contribution is 2.20.